The summed E-state index contributed by atoms with van der Waals surface area (Å²) in [5.41, 5.74) is 4.15. The maximum Gasteiger partial charge on any atom is 0.410 e. The van der Waals surface area contributed by atoms with Crippen molar-refractivity contribution in [2.24, 2.45) is 0 Å². The molecule has 3 atom stereocenters. The Kier molecular flexibility index (Phi) is 9.28. The van der Waals surface area contributed by atoms with Crippen LogP contribution in [0.4, 0.5) is 4.79 Å². The molecule has 1 amide bonds. The maximum absolute atomic E-state index is 13.6. The number of carbonyl (C=O) groups excluding carboxylic acids is 2. The average molecular weight is 594 g/mol. The first-order valence-electron chi connectivity index (χ1n) is 15.5. The number of hydrogen-bond acceptors (Lipinski definition) is 5. The molecule has 6 nitrogen and oxygen atoms in total. The van der Waals surface area contributed by atoms with Crippen molar-refractivity contribution in [1.82, 2.24) is 4.90 Å². The van der Waals surface area contributed by atoms with Gasteiger partial charge in [0.2, 0.25) is 0 Å². The van der Waals surface area contributed by atoms with Crippen LogP contribution in [-0.2, 0) is 9.47 Å². The van der Waals surface area contributed by atoms with Gasteiger partial charge in [0.05, 0.1) is 24.8 Å². The number of para-hydroxylation sites is 1. The molecule has 0 saturated heterocycles. The van der Waals surface area contributed by atoms with E-state index in [4.69, 9.17) is 14.2 Å². The lowest BCUT2D eigenvalue weighted by Gasteiger charge is -2.35. The Morgan fingerprint density at radius 1 is 0.977 bits per heavy atom. The molecule has 1 aliphatic heterocycles. The van der Waals surface area contributed by atoms with Gasteiger partial charge in [-0.3, -0.25) is 0 Å². The van der Waals surface area contributed by atoms with E-state index in [1.165, 1.54) is 7.11 Å². The van der Waals surface area contributed by atoms with Crippen molar-refractivity contribution < 1.29 is 23.8 Å². The van der Waals surface area contributed by atoms with Crippen molar-refractivity contribution in [2.75, 3.05) is 13.7 Å². The van der Waals surface area contributed by atoms with Crippen molar-refractivity contribution in [2.45, 2.75) is 77.5 Å². The van der Waals surface area contributed by atoms with E-state index in [1.54, 1.807) is 0 Å². The highest BCUT2D eigenvalue weighted by Gasteiger charge is 2.32. The van der Waals surface area contributed by atoms with Gasteiger partial charge in [-0.15, -0.1) is 0 Å². The van der Waals surface area contributed by atoms with Crippen LogP contribution in [0.5, 0.6) is 5.75 Å². The normalized spacial score (nSPS) is 16.9. The van der Waals surface area contributed by atoms with E-state index in [2.05, 4.69) is 43.3 Å². The third-order valence-corrected chi connectivity index (χ3v) is 8.45. The van der Waals surface area contributed by atoms with Gasteiger partial charge in [-0.2, -0.15) is 0 Å². The second-order valence-corrected chi connectivity index (χ2v) is 12.7. The lowest BCUT2D eigenvalue weighted by Crippen LogP contribution is -2.39. The van der Waals surface area contributed by atoms with Crippen LogP contribution in [0.2, 0.25) is 0 Å². The summed E-state index contributed by atoms with van der Waals surface area (Å²) in [5, 5.41) is 2.28. The number of methoxy groups -OCH3 is 1. The summed E-state index contributed by atoms with van der Waals surface area (Å²) in [5.74, 6) is 0.608. The number of benzene rings is 4. The number of aryl methyl sites for hydroxylation is 1. The molecule has 4 aromatic rings. The molecule has 1 heterocycles. The van der Waals surface area contributed by atoms with E-state index in [-0.39, 0.29) is 30.1 Å². The Balaban J connectivity index is 1.37. The van der Waals surface area contributed by atoms with Crippen molar-refractivity contribution >= 4 is 22.8 Å². The van der Waals surface area contributed by atoms with Gasteiger partial charge < -0.3 is 19.1 Å². The summed E-state index contributed by atoms with van der Waals surface area (Å²) < 4.78 is 17.4. The van der Waals surface area contributed by atoms with E-state index in [1.807, 2.05) is 81.1 Å². The summed E-state index contributed by atoms with van der Waals surface area (Å²) in [6.45, 7) is 10.2. The fourth-order valence-electron chi connectivity index (χ4n) is 6.21. The molecule has 6 heteroatoms. The Morgan fingerprint density at radius 3 is 2.48 bits per heavy atom. The number of esters is 1. The fraction of sp³-hybridized carbons (Fsp3) is 0.368. The van der Waals surface area contributed by atoms with Crippen molar-refractivity contribution in [3.8, 4) is 5.75 Å². The Hall–Kier alpha value is -4.32. The molecule has 0 aromatic heterocycles. The van der Waals surface area contributed by atoms with Crippen LogP contribution in [0.15, 0.2) is 84.9 Å². The smallest absolute Gasteiger partial charge is 0.410 e. The second-order valence-electron chi connectivity index (χ2n) is 12.7. The van der Waals surface area contributed by atoms with Crippen molar-refractivity contribution in [1.29, 1.82) is 0 Å². The molecule has 0 aliphatic carbocycles. The van der Waals surface area contributed by atoms with Gasteiger partial charge in [0.15, 0.2) is 0 Å². The van der Waals surface area contributed by atoms with E-state index in [0.717, 1.165) is 58.0 Å². The zero-order chi connectivity index (χ0) is 31.4. The van der Waals surface area contributed by atoms with Gasteiger partial charge in [-0.1, -0.05) is 72.8 Å². The minimum atomic E-state index is -0.603. The predicted octanol–water partition coefficient (Wildman–Crippen LogP) is 9.00. The van der Waals surface area contributed by atoms with E-state index in [0.29, 0.717) is 12.1 Å². The highest BCUT2D eigenvalue weighted by Crippen LogP contribution is 2.42. The highest BCUT2D eigenvalue weighted by atomic mass is 16.6. The summed E-state index contributed by atoms with van der Waals surface area (Å²) in [6.07, 6.45) is 1.91. The number of hydrogen-bond donors (Lipinski definition) is 0. The van der Waals surface area contributed by atoms with Crippen LogP contribution in [0.1, 0.15) is 91.5 Å². The molecule has 0 bridgehead atoms. The summed E-state index contributed by atoms with van der Waals surface area (Å²) in [7, 11) is 1.41. The molecule has 0 saturated carbocycles. The topological polar surface area (TPSA) is 65.1 Å². The monoisotopic (exact) mass is 593 g/mol. The first kappa shape index (κ1) is 31.1. The highest BCUT2D eigenvalue weighted by molar-refractivity contribution is 5.91. The zero-order valence-corrected chi connectivity index (χ0v) is 26.6. The van der Waals surface area contributed by atoms with Crippen molar-refractivity contribution in [3.63, 3.8) is 0 Å². The van der Waals surface area contributed by atoms with Crippen LogP contribution in [0, 0.1) is 6.92 Å². The van der Waals surface area contributed by atoms with Crippen LogP contribution in [0.3, 0.4) is 0 Å². The SMILES string of the molecule is COC(=O)c1cc(C2CC(CCCN(C(=O)OC(C)(C)C)C(C)c3cccc4ccccc34)Oc3ccccc32)ccc1C. The standard InChI is InChI=1S/C38H43NO5/c1-25-20-21-28(23-33(25)36(40)42-6)34-24-29(43-35-19-10-9-17-32(34)35)15-12-22-39(37(41)44-38(3,4)5)26(2)30-18-11-14-27-13-7-8-16-31(27)30/h7-11,13-14,16-21,23,26,29,34H,12,15,22,24H2,1-6H3. The second kappa shape index (κ2) is 13.1. The number of amides is 1. The maximum atomic E-state index is 13.6. The van der Waals surface area contributed by atoms with Gasteiger partial charge in [0.1, 0.15) is 11.4 Å². The first-order valence-corrected chi connectivity index (χ1v) is 15.5. The quantitative estimate of drug-likeness (QED) is 0.191. The van der Waals surface area contributed by atoms with Gasteiger partial charge in [0, 0.05) is 18.0 Å². The first-order chi connectivity index (χ1) is 21.1. The summed E-state index contributed by atoms with van der Waals surface area (Å²) in [4.78, 5) is 27.9. The van der Waals surface area contributed by atoms with E-state index in [9.17, 15) is 9.59 Å². The minimum Gasteiger partial charge on any atom is -0.490 e. The third kappa shape index (κ3) is 6.91. The van der Waals surface area contributed by atoms with Crippen LogP contribution < -0.4 is 4.74 Å². The number of ether oxygens (including phenoxy) is 3. The largest absolute Gasteiger partial charge is 0.490 e. The molecule has 1 aliphatic rings. The number of carbonyl (C=O) groups is 2. The van der Waals surface area contributed by atoms with Gasteiger partial charge >= 0.3 is 12.1 Å². The third-order valence-electron chi connectivity index (χ3n) is 8.45. The van der Waals surface area contributed by atoms with Gasteiger partial charge in [-0.25, -0.2) is 9.59 Å². The molecule has 3 unspecified atom stereocenters. The molecular formula is C38H43NO5. The number of rotatable bonds is 8. The van der Waals surface area contributed by atoms with Crippen LogP contribution in [0.25, 0.3) is 10.8 Å². The molecule has 0 radical (unpaired) electrons. The Labute approximate surface area is 260 Å². The lowest BCUT2D eigenvalue weighted by atomic mass is 9.82. The molecule has 4 aromatic carbocycles. The fourth-order valence-corrected chi connectivity index (χ4v) is 6.21. The number of fused-ring (bicyclic) bond motifs is 2. The van der Waals surface area contributed by atoms with Crippen molar-refractivity contribution in [3.05, 3.63) is 113 Å². The van der Waals surface area contributed by atoms with Gasteiger partial charge in [-0.05, 0) is 93.5 Å². The lowest BCUT2D eigenvalue weighted by molar-refractivity contribution is 0.0162. The zero-order valence-electron chi connectivity index (χ0n) is 26.6. The van der Waals surface area contributed by atoms with Crippen LogP contribution >= 0.6 is 0 Å². The van der Waals surface area contributed by atoms with E-state index >= 15 is 0 Å². The van der Waals surface area contributed by atoms with E-state index < -0.39 is 5.60 Å². The summed E-state index contributed by atoms with van der Waals surface area (Å²) >= 11 is 0. The minimum absolute atomic E-state index is 0.0499. The molecule has 44 heavy (non-hydrogen) atoms. The predicted molar refractivity (Wildman–Crippen MR) is 174 cm³/mol. The molecule has 0 N–H and O–H groups in total. The Bertz CT molecular complexity index is 1630. The Morgan fingerprint density at radius 2 is 1.70 bits per heavy atom. The molecular weight excluding hydrogens is 550 g/mol. The van der Waals surface area contributed by atoms with Crippen LogP contribution in [-0.4, -0.2) is 42.3 Å². The number of nitrogens with zero attached hydrogens (tertiary/aromatic N) is 1. The molecule has 0 spiro atoms. The average Bonchev–Trinajstić information content (AvgIpc) is 3.01. The van der Waals surface area contributed by atoms with Gasteiger partial charge in [0.25, 0.3) is 0 Å². The molecule has 0 fully saturated rings. The molecule has 230 valence electrons. The summed E-state index contributed by atoms with van der Waals surface area (Å²) in [6, 6.07) is 28.5. The molecule has 5 rings (SSSR count).